The third kappa shape index (κ3) is 4.06. The highest BCUT2D eigenvalue weighted by molar-refractivity contribution is 7.25. The summed E-state index contributed by atoms with van der Waals surface area (Å²) in [5, 5.41) is 5.31. The first-order chi connectivity index (χ1) is 22.1. The number of thiophene rings is 1. The van der Waals surface area contributed by atoms with Gasteiger partial charge in [-0.05, 0) is 98.8 Å². The third-order valence-corrected chi connectivity index (χ3v) is 10.8. The lowest BCUT2D eigenvalue weighted by atomic mass is 9.80. The number of nitrogens with zero attached hydrogens (tertiary/aromatic N) is 1. The van der Waals surface area contributed by atoms with Crippen LogP contribution >= 0.6 is 11.3 Å². The average Bonchev–Trinajstić information content (AvgIpc) is 3.57. The maximum Gasteiger partial charge on any atom is 0.0465 e. The van der Waals surface area contributed by atoms with E-state index in [-0.39, 0.29) is 5.41 Å². The van der Waals surface area contributed by atoms with Crippen molar-refractivity contribution >= 4 is 59.3 Å². The molecule has 8 aromatic rings. The van der Waals surface area contributed by atoms with Crippen LogP contribution in [0.1, 0.15) is 25.0 Å². The number of fused-ring (bicyclic) bond motifs is 8. The maximum atomic E-state index is 2.42. The number of benzene rings is 7. The van der Waals surface area contributed by atoms with Crippen LogP contribution in [0, 0.1) is 0 Å². The summed E-state index contributed by atoms with van der Waals surface area (Å²) < 4.78 is 2.67. The lowest BCUT2D eigenvalue weighted by molar-refractivity contribution is 0.666. The van der Waals surface area contributed by atoms with Crippen molar-refractivity contribution in [2.75, 3.05) is 4.90 Å². The second kappa shape index (κ2) is 9.92. The van der Waals surface area contributed by atoms with Gasteiger partial charge in [0.25, 0.3) is 0 Å². The molecule has 0 aliphatic heterocycles. The third-order valence-electron chi connectivity index (χ3n) is 9.63. The molecule has 0 N–H and O–H groups in total. The molecule has 1 aliphatic carbocycles. The number of para-hydroxylation sites is 1. The largest absolute Gasteiger partial charge is 0.310 e. The molecule has 0 atom stereocenters. The molecule has 9 rings (SSSR count). The molecule has 1 heterocycles. The molecule has 1 aliphatic rings. The minimum atomic E-state index is -0.113. The molecule has 0 bridgehead atoms. The van der Waals surface area contributed by atoms with E-state index in [4.69, 9.17) is 0 Å². The summed E-state index contributed by atoms with van der Waals surface area (Å²) in [5.41, 5.74) is 11.3. The average molecular weight is 594 g/mol. The highest BCUT2D eigenvalue weighted by Crippen LogP contribution is 2.53. The fourth-order valence-electron chi connectivity index (χ4n) is 7.46. The van der Waals surface area contributed by atoms with E-state index in [1.165, 1.54) is 70.0 Å². The van der Waals surface area contributed by atoms with Gasteiger partial charge in [0, 0.05) is 42.6 Å². The van der Waals surface area contributed by atoms with Crippen LogP contribution in [0.15, 0.2) is 152 Å². The molecule has 0 amide bonds. The van der Waals surface area contributed by atoms with Gasteiger partial charge in [0.2, 0.25) is 0 Å². The molecule has 1 aromatic heterocycles. The lowest BCUT2D eigenvalue weighted by Crippen LogP contribution is -2.17. The van der Waals surface area contributed by atoms with Gasteiger partial charge in [-0.1, -0.05) is 111 Å². The molecule has 0 spiro atoms. The number of anilines is 3. The van der Waals surface area contributed by atoms with Crippen LogP contribution in [0.3, 0.4) is 0 Å². The summed E-state index contributed by atoms with van der Waals surface area (Å²) >= 11 is 1.87. The highest BCUT2D eigenvalue weighted by atomic mass is 32.1. The molecule has 1 nitrogen and oxygen atoms in total. The standard InChI is InChI=1S/C43H31NS/c1-43(2)39-27-33(22-24-35(39)37-23-18-29-10-6-7-13-34(29)42(37)43)44(31-11-4-3-5-12-31)32-20-16-28(17-21-32)30-19-25-41-38(26-30)36-14-8-9-15-40(36)45-41/h3-27H,1-2H3. The fraction of sp³-hybridized carbons (Fsp3) is 0.0698. The predicted molar refractivity (Wildman–Crippen MR) is 195 cm³/mol. The van der Waals surface area contributed by atoms with Crippen LogP contribution < -0.4 is 4.90 Å². The Morgan fingerprint density at radius 1 is 0.467 bits per heavy atom. The van der Waals surface area contributed by atoms with E-state index in [0.717, 1.165) is 11.4 Å². The van der Waals surface area contributed by atoms with Gasteiger partial charge in [0.05, 0.1) is 0 Å². The van der Waals surface area contributed by atoms with E-state index in [9.17, 15) is 0 Å². The second-order valence-corrected chi connectivity index (χ2v) is 13.7. The Labute approximate surface area is 267 Å². The zero-order chi connectivity index (χ0) is 30.1. The molecule has 0 saturated carbocycles. The molecular weight excluding hydrogens is 563 g/mol. The molecule has 7 aromatic carbocycles. The molecule has 2 heteroatoms. The van der Waals surface area contributed by atoms with Crippen molar-refractivity contribution in [3.8, 4) is 22.3 Å². The molecule has 0 unspecified atom stereocenters. The SMILES string of the molecule is CC1(C)c2cc(N(c3ccccc3)c3ccc(-c4ccc5sc6ccccc6c5c4)cc3)ccc2-c2ccc3ccccc3c21. The first-order valence-corrected chi connectivity index (χ1v) is 16.4. The minimum absolute atomic E-state index is 0.113. The van der Waals surface area contributed by atoms with E-state index in [1.54, 1.807) is 0 Å². The fourth-order valence-corrected chi connectivity index (χ4v) is 8.55. The Kier molecular flexibility index (Phi) is 5.78. The Balaban J connectivity index is 1.14. The molecule has 0 saturated heterocycles. The van der Waals surface area contributed by atoms with Crippen LogP contribution in [0.4, 0.5) is 17.1 Å². The van der Waals surface area contributed by atoms with Gasteiger partial charge in [0.15, 0.2) is 0 Å². The van der Waals surface area contributed by atoms with Gasteiger partial charge in [0.1, 0.15) is 0 Å². The van der Waals surface area contributed by atoms with Gasteiger partial charge in [-0.25, -0.2) is 0 Å². The summed E-state index contributed by atoms with van der Waals surface area (Å²) in [6, 6.07) is 55.8. The molecule has 45 heavy (non-hydrogen) atoms. The van der Waals surface area contributed by atoms with Crippen molar-refractivity contribution in [2.24, 2.45) is 0 Å². The normalized spacial score (nSPS) is 13.3. The van der Waals surface area contributed by atoms with E-state index in [2.05, 4.69) is 170 Å². The summed E-state index contributed by atoms with van der Waals surface area (Å²) in [4.78, 5) is 2.39. The molecular formula is C43H31NS. The smallest absolute Gasteiger partial charge is 0.0465 e. The van der Waals surface area contributed by atoms with E-state index >= 15 is 0 Å². The van der Waals surface area contributed by atoms with Crippen LogP contribution in [0.25, 0.3) is 53.2 Å². The van der Waals surface area contributed by atoms with E-state index in [0.29, 0.717) is 0 Å². The van der Waals surface area contributed by atoms with Crippen molar-refractivity contribution in [1.82, 2.24) is 0 Å². The van der Waals surface area contributed by atoms with Gasteiger partial charge in [-0.15, -0.1) is 11.3 Å². The minimum Gasteiger partial charge on any atom is -0.310 e. The number of hydrogen-bond acceptors (Lipinski definition) is 2. The number of hydrogen-bond donors (Lipinski definition) is 0. The van der Waals surface area contributed by atoms with Crippen molar-refractivity contribution in [3.63, 3.8) is 0 Å². The quantitative estimate of drug-likeness (QED) is 0.196. The Morgan fingerprint density at radius 3 is 1.96 bits per heavy atom. The van der Waals surface area contributed by atoms with Crippen molar-refractivity contribution in [1.29, 1.82) is 0 Å². The van der Waals surface area contributed by atoms with Crippen LogP contribution in [-0.4, -0.2) is 0 Å². The van der Waals surface area contributed by atoms with Crippen LogP contribution in [0.2, 0.25) is 0 Å². The monoisotopic (exact) mass is 593 g/mol. The Hall–Kier alpha value is -5.18. The summed E-state index contributed by atoms with van der Waals surface area (Å²) in [6.07, 6.45) is 0. The van der Waals surface area contributed by atoms with Crippen LogP contribution in [-0.2, 0) is 5.41 Å². The Bertz CT molecular complexity index is 2400. The van der Waals surface area contributed by atoms with Crippen molar-refractivity contribution in [3.05, 3.63) is 163 Å². The summed E-state index contributed by atoms with van der Waals surface area (Å²) in [5.74, 6) is 0. The zero-order valence-electron chi connectivity index (χ0n) is 25.3. The molecule has 0 fully saturated rings. The highest BCUT2D eigenvalue weighted by Gasteiger charge is 2.37. The first kappa shape index (κ1) is 26.2. The molecule has 0 radical (unpaired) electrons. The van der Waals surface area contributed by atoms with Gasteiger partial charge in [-0.3, -0.25) is 0 Å². The topological polar surface area (TPSA) is 3.24 Å². The Morgan fingerprint density at radius 2 is 1.11 bits per heavy atom. The second-order valence-electron chi connectivity index (χ2n) is 12.6. The maximum absolute atomic E-state index is 2.42. The first-order valence-electron chi connectivity index (χ1n) is 15.6. The number of rotatable bonds is 4. The molecule has 214 valence electrons. The van der Waals surface area contributed by atoms with Gasteiger partial charge < -0.3 is 4.90 Å². The summed E-state index contributed by atoms with van der Waals surface area (Å²) in [7, 11) is 0. The van der Waals surface area contributed by atoms with Crippen molar-refractivity contribution < 1.29 is 0 Å². The summed E-state index contributed by atoms with van der Waals surface area (Å²) in [6.45, 7) is 4.76. The van der Waals surface area contributed by atoms with E-state index in [1.807, 2.05) is 11.3 Å². The van der Waals surface area contributed by atoms with Gasteiger partial charge >= 0.3 is 0 Å². The zero-order valence-corrected chi connectivity index (χ0v) is 26.1. The van der Waals surface area contributed by atoms with Crippen molar-refractivity contribution in [2.45, 2.75) is 19.3 Å². The van der Waals surface area contributed by atoms with Gasteiger partial charge in [-0.2, -0.15) is 0 Å². The lowest BCUT2D eigenvalue weighted by Gasteiger charge is -2.28. The van der Waals surface area contributed by atoms with Crippen LogP contribution in [0.5, 0.6) is 0 Å². The van der Waals surface area contributed by atoms with E-state index < -0.39 is 0 Å². The predicted octanol–water partition coefficient (Wildman–Crippen LogP) is 12.7.